The molecule has 6 N–H and O–H groups in total. The van der Waals surface area contributed by atoms with Gasteiger partial charge in [-0.3, -0.25) is 19.2 Å². The molecular weight excluding hydrogens is 752 g/mol. The van der Waals surface area contributed by atoms with Crippen LogP contribution < -0.4 is 0 Å². The number of carboxylic acid groups (broad SMARTS) is 1. The van der Waals surface area contributed by atoms with Crippen LogP contribution in [-0.4, -0.2) is 122 Å². The van der Waals surface area contributed by atoms with Crippen molar-refractivity contribution in [1.82, 2.24) is 0 Å². The molecule has 4 unspecified atom stereocenters. The molecule has 7 aliphatic rings. The van der Waals surface area contributed by atoms with Gasteiger partial charge in [-0.25, -0.2) is 0 Å². The first-order valence-electron chi connectivity index (χ1n) is 21.4. The lowest BCUT2D eigenvalue weighted by atomic mass is 9.33. The number of carbonyl (C=O) groups is 4. The van der Waals surface area contributed by atoms with Crippen LogP contribution >= 0.6 is 0 Å². The van der Waals surface area contributed by atoms with E-state index in [0.29, 0.717) is 25.7 Å². The smallest absolute Gasteiger partial charge is 0.309 e. The third-order valence-electron chi connectivity index (χ3n) is 18.0. The highest BCUT2D eigenvalue weighted by Gasteiger charge is 2.70. The van der Waals surface area contributed by atoms with E-state index in [-0.39, 0.29) is 65.6 Å². The SMILES string of the molecule is CC1(C)[C@@H](O[C@@H]2CC(OC=O)[C@@H](O)[C@H](O)C2O[C@@H]2CC(OC=O)[C@@H](O)[C@H](O)C2O)CC[C@]2(C)[C@H]3C(=O)C=C4[C@@H]5C[C@@](C)(C(=O)O)CC[C@]5(C)CC[C@@]4(C)[C@]3(C)CC[C@@H]12. The summed E-state index contributed by atoms with van der Waals surface area (Å²) in [7, 11) is 0. The van der Waals surface area contributed by atoms with Crippen molar-refractivity contribution in [3.63, 3.8) is 0 Å². The molecule has 0 bridgehead atoms. The molecule has 58 heavy (non-hydrogen) atoms. The molecule has 0 amide bonds. The van der Waals surface area contributed by atoms with Gasteiger partial charge in [-0.2, -0.15) is 0 Å². The average Bonchev–Trinajstić information content (AvgIpc) is 3.15. The number of aliphatic hydroxyl groups excluding tert-OH is 5. The second-order valence-electron chi connectivity index (χ2n) is 21.2. The molecule has 7 rings (SSSR count). The molecule has 0 aliphatic heterocycles. The van der Waals surface area contributed by atoms with Crippen molar-refractivity contribution in [2.75, 3.05) is 0 Å². The van der Waals surface area contributed by atoms with Crippen molar-refractivity contribution in [2.24, 2.45) is 50.2 Å². The van der Waals surface area contributed by atoms with Crippen LogP contribution in [-0.2, 0) is 38.1 Å². The van der Waals surface area contributed by atoms with E-state index in [2.05, 4.69) is 41.5 Å². The number of hydrogen-bond acceptors (Lipinski definition) is 13. The molecule has 326 valence electrons. The van der Waals surface area contributed by atoms with Gasteiger partial charge in [0.15, 0.2) is 5.78 Å². The molecule has 19 atom stereocenters. The Kier molecular flexibility index (Phi) is 11.2. The quantitative estimate of drug-likeness (QED) is 0.184. The van der Waals surface area contributed by atoms with E-state index in [1.165, 1.54) is 0 Å². The Bertz CT molecular complexity index is 1670. The van der Waals surface area contributed by atoms with E-state index in [9.17, 15) is 49.8 Å². The molecule has 6 fully saturated rings. The fourth-order valence-corrected chi connectivity index (χ4v) is 14.1. The maximum absolute atomic E-state index is 14.9. The number of carboxylic acids is 1. The molecule has 7 aliphatic carbocycles. The maximum Gasteiger partial charge on any atom is 0.309 e. The summed E-state index contributed by atoms with van der Waals surface area (Å²) in [6, 6.07) is 0. The topological polar surface area (TPSA) is 227 Å². The monoisotopic (exact) mass is 818 g/mol. The van der Waals surface area contributed by atoms with Crippen LogP contribution in [0.1, 0.15) is 119 Å². The van der Waals surface area contributed by atoms with Gasteiger partial charge in [0.05, 0.1) is 23.7 Å². The Morgan fingerprint density at radius 2 is 1.29 bits per heavy atom. The highest BCUT2D eigenvalue weighted by molar-refractivity contribution is 5.95. The van der Waals surface area contributed by atoms with Gasteiger partial charge in [0, 0.05) is 18.8 Å². The number of ketones is 1. The van der Waals surface area contributed by atoms with Crippen LogP contribution in [0, 0.1) is 50.2 Å². The normalized spacial score (nSPS) is 52.4. The predicted octanol–water partition coefficient (Wildman–Crippen LogP) is 3.25. The minimum atomic E-state index is -1.73. The highest BCUT2D eigenvalue weighted by Crippen LogP contribution is 2.75. The molecule has 0 aromatic heterocycles. The van der Waals surface area contributed by atoms with E-state index >= 15 is 0 Å². The van der Waals surface area contributed by atoms with Gasteiger partial charge in [0.25, 0.3) is 12.9 Å². The van der Waals surface area contributed by atoms with Crippen molar-refractivity contribution in [2.45, 2.75) is 186 Å². The molecule has 6 saturated carbocycles. The number of carbonyl (C=O) groups excluding carboxylic acids is 3. The van der Waals surface area contributed by atoms with Gasteiger partial charge in [-0.15, -0.1) is 0 Å². The zero-order valence-electron chi connectivity index (χ0n) is 35.0. The Labute approximate surface area is 341 Å². The standard InChI is InChI=1S/C44H66O14/c1-39(2)29-8-11-44(7)37(24(47)16-22-23-19-41(4,38(53)54)13-12-40(23,3)14-15-43(22,44)6)42(29,5)10-9-30(39)57-28-18-26(56-21-46)32(49)35(52)36(28)58-27-17-25(55-20-45)31(48)34(51)33(27)50/h16,20-21,23,25-37,48-52H,8-15,17-19H2,1-7H3,(H,53,54)/t23-,25?,26?,27+,28+,29-,30-,31+,32+,33?,34-,35-,36?,37+,40+,41-,42-,43+,44+/m0/s1. The van der Waals surface area contributed by atoms with Crippen molar-refractivity contribution < 1.29 is 68.8 Å². The van der Waals surface area contributed by atoms with Crippen LogP contribution in [0.5, 0.6) is 0 Å². The lowest BCUT2D eigenvalue weighted by Crippen LogP contribution is -2.67. The highest BCUT2D eigenvalue weighted by atomic mass is 16.6. The molecule has 0 heterocycles. The van der Waals surface area contributed by atoms with Crippen molar-refractivity contribution >= 4 is 24.7 Å². The van der Waals surface area contributed by atoms with Crippen molar-refractivity contribution in [3.8, 4) is 0 Å². The third kappa shape index (κ3) is 6.44. The van der Waals surface area contributed by atoms with Gasteiger partial charge in [-0.05, 0) is 110 Å². The Morgan fingerprint density at radius 3 is 1.91 bits per heavy atom. The maximum atomic E-state index is 14.9. The van der Waals surface area contributed by atoms with E-state index < -0.39 is 89.4 Å². The van der Waals surface area contributed by atoms with Crippen LogP contribution in [0.4, 0.5) is 0 Å². The summed E-state index contributed by atoms with van der Waals surface area (Å²) in [6.07, 6.45) is -5.90. The number of ether oxygens (including phenoxy) is 4. The summed E-state index contributed by atoms with van der Waals surface area (Å²) in [5, 5.41) is 64.6. The summed E-state index contributed by atoms with van der Waals surface area (Å²) in [6.45, 7) is 15.7. The molecule has 0 radical (unpaired) electrons. The summed E-state index contributed by atoms with van der Waals surface area (Å²) in [5.74, 6) is -0.847. The summed E-state index contributed by atoms with van der Waals surface area (Å²) < 4.78 is 23.3. The first kappa shape index (κ1) is 43.6. The third-order valence-corrected chi connectivity index (χ3v) is 18.0. The average molecular weight is 819 g/mol. The number of allylic oxidation sites excluding steroid dienone is 2. The molecule has 0 aromatic rings. The molecule has 14 heteroatoms. The molecule has 0 spiro atoms. The zero-order chi connectivity index (χ0) is 42.5. The lowest BCUT2D eigenvalue weighted by molar-refractivity contribution is -0.275. The summed E-state index contributed by atoms with van der Waals surface area (Å²) in [4.78, 5) is 50.0. The summed E-state index contributed by atoms with van der Waals surface area (Å²) >= 11 is 0. The van der Waals surface area contributed by atoms with E-state index in [4.69, 9.17) is 18.9 Å². The lowest BCUT2D eigenvalue weighted by Gasteiger charge is -2.70. The van der Waals surface area contributed by atoms with Gasteiger partial charge in [0.2, 0.25) is 0 Å². The Morgan fingerprint density at radius 1 is 0.707 bits per heavy atom. The number of hydrogen-bond donors (Lipinski definition) is 6. The molecule has 14 nitrogen and oxygen atoms in total. The first-order chi connectivity index (χ1) is 27.0. The fraction of sp³-hybridized carbons (Fsp3) is 0.864. The largest absolute Gasteiger partial charge is 0.481 e. The van der Waals surface area contributed by atoms with E-state index in [0.717, 1.165) is 37.7 Å². The van der Waals surface area contributed by atoms with Crippen LogP contribution in [0.25, 0.3) is 0 Å². The Hall–Kier alpha value is -2.46. The predicted molar refractivity (Wildman–Crippen MR) is 206 cm³/mol. The van der Waals surface area contributed by atoms with E-state index in [1.54, 1.807) is 0 Å². The number of rotatable bonds is 9. The van der Waals surface area contributed by atoms with Crippen LogP contribution in [0.15, 0.2) is 11.6 Å². The minimum Gasteiger partial charge on any atom is -0.481 e. The molecule has 0 saturated heterocycles. The second-order valence-corrected chi connectivity index (χ2v) is 21.2. The summed E-state index contributed by atoms with van der Waals surface area (Å²) in [5.41, 5.74) is -1.29. The van der Waals surface area contributed by atoms with Crippen LogP contribution in [0.2, 0.25) is 0 Å². The number of fused-ring (bicyclic) bond motifs is 7. The van der Waals surface area contributed by atoms with Gasteiger partial charge < -0.3 is 49.6 Å². The van der Waals surface area contributed by atoms with Gasteiger partial charge in [0.1, 0.15) is 48.8 Å². The van der Waals surface area contributed by atoms with Crippen molar-refractivity contribution in [1.29, 1.82) is 0 Å². The van der Waals surface area contributed by atoms with Gasteiger partial charge in [-0.1, -0.05) is 47.1 Å². The second kappa shape index (κ2) is 14.9. The van der Waals surface area contributed by atoms with Gasteiger partial charge >= 0.3 is 5.97 Å². The minimum absolute atomic E-state index is 0.0203. The van der Waals surface area contributed by atoms with E-state index in [1.807, 2.05) is 13.0 Å². The fourth-order valence-electron chi connectivity index (χ4n) is 14.1. The van der Waals surface area contributed by atoms with Crippen LogP contribution in [0.3, 0.4) is 0 Å². The zero-order valence-corrected chi connectivity index (χ0v) is 35.0. The molecular formula is C44H66O14. The Balaban J connectivity index is 1.17. The first-order valence-corrected chi connectivity index (χ1v) is 21.4. The molecule has 0 aromatic carbocycles. The number of aliphatic hydroxyl groups is 5. The number of aliphatic carboxylic acids is 1. The van der Waals surface area contributed by atoms with Crippen molar-refractivity contribution in [3.05, 3.63) is 11.6 Å².